The number of rotatable bonds is 4. The van der Waals surface area contributed by atoms with Crippen LogP contribution in [0.3, 0.4) is 0 Å². The molecule has 0 saturated carbocycles. The molecule has 0 aromatic heterocycles. The zero-order valence-electron chi connectivity index (χ0n) is 8.66. The van der Waals surface area contributed by atoms with Gasteiger partial charge in [-0.2, -0.15) is 0 Å². The molecule has 1 atom stereocenters. The SMILES string of the molecule is CCC(C=O)(CO)c1cccc(C)c1. The van der Waals surface area contributed by atoms with Crippen LogP contribution in [0.4, 0.5) is 0 Å². The first-order valence-electron chi connectivity index (χ1n) is 4.83. The molecule has 0 aliphatic heterocycles. The summed E-state index contributed by atoms with van der Waals surface area (Å²) >= 11 is 0. The summed E-state index contributed by atoms with van der Waals surface area (Å²) in [6.45, 7) is 3.76. The highest BCUT2D eigenvalue weighted by molar-refractivity contribution is 5.68. The van der Waals surface area contributed by atoms with Crippen molar-refractivity contribution in [2.24, 2.45) is 0 Å². The summed E-state index contributed by atoms with van der Waals surface area (Å²) in [4.78, 5) is 11.0. The van der Waals surface area contributed by atoms with Crippen LogP contribution in [-0.4, -0.2) is 18.0 Å². The first kappa shape index (κ1) is 10.9. The van der Waals surface area contributed by atoms with Crippen molar-refractivity contribution in [3.8, 4) is 0 Å². The zero-order chi connectivity index (χ0) is 10.6. The standard InChI is InChI=1S/C12H16O2/c1-3-12(8-13,9-14)11-6-4-5-10(2)7-11/h4-8,14H,3,9H2,1-2H3. The minimum Gasteiger partial charge on any atom is -0.395 e. The molecule has 1 rings (SSSR count). The highest BCUT2D eigenvalue weighted by atomic mass is 16.3. The molecule has 14 heavy (non-hydrogen) atoms. The molecule has 0 fully saturated rings. The Bertz CT molecular complexity index is 314. The largest absolute Gasteiger partial charge is 0.395 e. The molecule has 0 aliphatic carbocycles. The minimum absolute atomic E-state index is 0.129. The van der Waals surface area contributed by atoms with E-state index in [1.807, 2.05) is 38.1 Å². The third-order valence-corrected chi connectivity index (χ3v) is 2.73. The fraction of sp³-hybridized carbons (Fsp3) is 0.417. The number of hydrogen-bond donors (Lipinski definition) is 1. The molecule has 76 valence electrons. The molecule has 0 radical (unpaired) electrons. The fourth-order valence-corrected chi connectivity index (χ4v) is 1.55. The number of benzene rings is 1. The number of carbonyl (C=O) groups is 1. The average molecular weight is 192 g/mol. The van der Waals surface area contributed by atoms with E-state index < -0.39 is 5.41 Å². The van der Waals surface area contributed by atoms with Gasteiger partial charge in [0.15, 0.2) is 0 Å². The maximum Gasteiger partial charge on any atom is 0.132 e. The van der Waals surface area contributed by atoms with Crippen LogP contribution in [0, 0.1) is 6.92 Å². The van der Waals surface area contributed by atoms with Crippen molar-refractivity contribution >= 4 is 6.29 Å². The van der Waals surface area contributed by atoms with E-state index in [-0.39, 0.29) is 6.61 Å². The summed E-state index contributed by atoms with van der Waals surface area (Å²) in [6, 6.07) is 7.73. The molecular weight excluding hydrogens is 176 g/mol. The maximum absolute atomic E-state index is 11.0. The molecule has 2 heteroatoms. The lowest BCUT2D eigenvalue weighted by Gasteiger charge is -2.24. The number of aldehydes is 1. The van der Waals surface area contributed by atoms with Crippen LogP contribution < -0.4 is 0 Å². The molecule has 0 saturated heterocycles. The fourth-order valence-electron chi connectivity index (χ4n) is 1.55. The van der Waals surface area contributed by atoms with Crippen molar-refractivity contribution in [2.75, 3.05) is 6.61 Å². The number of hydrogen-bond acceptors (Lipinski definition) is 2. The van der Waals surface area contributed by atoms with E-state index in [1.165, 1.54) is 0 Å². The lowest BCUT2D eigenvalue weighted by atomic mass is 9.80. The Morgan fingerprint density at radius 3 is 2.64 bits per heavy atom. The second kappa shape index (κ2) is 4.38. The van der Waals surface area contributed by atoms with Crippen LogP contribution in [0.1, 0.15) is 24.5 Å². The van der Waals surface area contributed by atoms with E-state index in [0.29, 0.717) is 6.42 Å². The van der Waals surface area contributed by atoms with E-state index in [9.17, 15) is 9.90 Å². The molecule has 1 aromatic rings. The van der Waals surface area contributed by atoms with Gasteiger partial charge in [0.25, 0.3) is 0 Å². The quantitative estimate of drug-likeness (QED) is 0.739. The van der Waals surface area contributed by atoms with Gasteiger partial charge in [0.05, 0.1) is 12.0 Å². The Balaban J connectivity index is 3.17. The van der Waals surface area contributed by atoms with Gasteiger partial charge in [-0.25, -0.2) is 0 Å². The predicted molar refractivity (Wildman–Crippen MR) is 56.3 cm³/mol. The summed E-state index contributed by atoms with van der Waals surface area (Å²) in [5.74, 6) is 0. The van der Waals surface area contributed by atoms with Crippen molar-refractivity contribution < 1.29 is 9.90 Å². The molecule has 0 spiro atoms. The Morgan fingerprint density at radius 1 is 1.50 bits per heavy atom. The van der Waals surface area contributed by atoms with Crippen LogP contribution in [-0.2, 0) is 10.2 Å². The highest BCUT2D eigenvalue weighted by Crippen LogP contribution is 2.25. The van der Waals surface area contributed by atoms with Gasteiger partial charge in [-0.15, -0.1) is 0 Å². The molecule has 1 N–H and O–H groups in total. The van der Waals surface area contributed by atoms with Crippen LogP contribution in [0.25, 0.3) is 0 Å². The Hall–Kier alpha value is -1.15. The zero-order valence-corrected chi connectivity index (χ0v) is 8.66. The van der Waals surface area contributed by atoms with Gasteiger partial charge in [-0.05, 0) is 18.9 Å². The van der Waals surface area contributed by atoms with Crippen molar-refractivity contribution in [1.82, 2.24) is 0 Å². The third kappa shape index (κ3) is 1.85. The molecule has 1 unspecified atom stereocenters. The van der Waals surface area contributed by atoms with Crippen molar-refractivity contribution in [3.05, 3.63) is 35.4 Å². The lowest BCUT2D eigenvalue weighted by molar-refractivity contribution is -0.114. The summed E-state index contributed by atoms with van der Waals surface area (Å²) in [7, 11) is 0. The summed E-state index contributed by atoms with van der Waals surface area (Å²) in [5.41, 5.74) is 1.29. The van der Waals surface area contributed by atoms with Gasteiger partial charge in [0, 0.05) is 0 Å². The molecule has 1 aromatic carbocycles. The van der Waals surface area contributed by atoms with E-state index in [2.05, 4.69) is 0 Å². The maximum atomic E-state index is 11.0. The van der Waals surface area contributed by atoms with Crippen LogP contribution >= 0.6 is 0 Å². The summed E-state index contributed by atoms with van der Waals surface area (Å²) in [6.07, 6.45) is 1.47. The average Bonchev–Trinajstić information content (AvgIpc) is 2.22. The Labute approximate surface area is 84.6 Å². The monoisotopic (exact) mass is 192 g/mol. The minimum atomic E-state index is -0.716. The topological polar surface area (TPSA) is 37.3 Å². The van der Waals surface area contributed by atoms with Gasteiger partial charge in [0.1, 0.15) is 6.29 Å². The number of aryl methyl sites for hydroxylation is 1. The highest BCUT2D eigenvalue weighted by Gasteiger charge is 2.28. The first-order chi connectivity index (χ1) is 6.68. The molecular formula is C12H16O2. The van der Waals surface area contributed by atoms with Crippen molar-refractivity contribution in [2.45, 2.75) is 25.7 Å². The van der Waals surface area contributed by atoms with E-state index >= 15 is 0 Å². The van der Waals surface area contributed by atoms with E-state index in [1.54, 1.807) is 0 Å². The second-order valence-corrected chi connectivity index (χ2v) is 3.66. The third-order valence-electron chi connectivity index (χ3n) is 2.73. The second-order valence-electron chi connectivity index (χ2n) is 3.66. The number of carbonyl (C=O) groups excluding carboxylic acids is 1. The van der Waals surface area contributed by atoms with E-state index in [0.717, 1.165) is 17.4 Å². The summed E-state index contributed by atoms with van der Waals surface area (Å²) < 4.78 is 0. The van der Waals surface area contributed by atoms with Crippen LogP contribution in [0.15, 0.2) is 24.3 Å². The number of aliphatic hydroxyl groups is 1. The molecule has 2 nitrogen and oxygen atoms in total. The first-order valence-corrected chi connectivity index (χ1v) is 4.83. The van der Waals surface area contributed by atoms with Crippen molar-refractivity contribution in [1.29, 1.82) is 0 Å². The smallest absolute Gasteiger partial charge is 0.132 e. The van der Waals surface area contributed by atoms with Gasteiger partial charge in [-0.1, -0.05) is 36.8 Å². The molecule has 0 amide bonds. The molecule has 0 aliphatic rings. The van der Waals surface area contributed by atoms with E-state index in [4.69, 9.17) is 0 Å². The van der Waals surface area contributed by atoms with Crippen LogP contribution in [0.5, 0.6) is 0 Å². The molecule has 0 bridgehead atoms. The van der Waals surface area contributed by atoms with Gasteiger partial charge in [0.2, 0.25) is 0 Å². The predicted octanol–water partition coefficient (Wildman–Crippen LogP) is 1.83. The number of aliphatic hydroxyl groups excluding tert-OH is 1. The van der Waals surface area contributed by atoms with Crippen molar-refractivity contribution in [3.63, 3.8) is 0 Å². The van der Waals surface area contributed by atoms with Gasteiger partial charge >= 0.3 is 0 Å². The molecule has 0 heterocycles. The Kier molecular flexibility index (Phi) is 3.42. The van der Waals surface area contributed by atoms with Gasteiger partial charge in [-0.3, -0.25) is 0 Å². The van der Waals surface area contributed by atoms with Crippen LogP contribution in [0.2, 0.25) is 0 Å². The normalized spacial score (nSPS) is 14.8. The summed E-state index contributed by atoms with van der Waals surface area (Å²) in [5, 5.41) is 9.29. The lowest BCUT2D eigenvalue weighted by Crippen LogP contribution is -2.31. The van der Waals surface area contributed by atoms with Gasteiger partial charge < -0.3 is 9.90 Å². The Morgan fingerprint density at radius 2 is 2.21 bits per heavy atom.